The molecular weight excluding hydrogens is 605 g/mol. The largest absolute Gasteiger partial charge is 0.493 e. The van der Waals surface area contributed by atoms with Crippen LogP contribution in [0.25, 0.3) is 0 Å². The Labute approximate surface area is 242 Å². The molecule has 0 saturated carbocycles. The molecule has 0 spiro atoms. The first kappa shape index (κ1) is 31.2. The van der Waals surface area contributed by atoms with E-state index in [1.54, 1.807) is 13.3 Å². The maximum Gasteiger partial charge on any atom is 0.280 e. The number of anilines is 1. The van der Waals surface area contributed by atoms with Gasteiger partial charge in [0.25, 0.3) is 5.56 Å². The number of H-pyrrole nitrogens is 1. The van der Waals surface area contributed by atoms with Crippen LogP contribution in [0.5, 0.6) is 11.5 Å². The predicted octanol–water partition coefficient (Wildman–Crippen LogP) is 4.85. The summed E-state index contributed by atoms with van der Waals surface area (Å²) in [6.45, 7) is 6.97. The Bertz CT molecular complexity index is 1170. The molecule has 2 aromatic carbocycles. The molecule has 1 aliphatic heterocycles. The summed E-state index contributed by atoms with van der Waals surface area (Å²) in [4.78, 5) is 16.6. The smallest absolute Gasteiger partial charge is 0.280 e. The molecule has 2 N–H and O–H groups in total. The van der Waals surface area contributed by atoms with Crippen molar-refractivity contribution in [1.82, 2.24) is 20.0 Å². The maximum atomic E-state index is 11.7. The number of hydrogen-bond acceptors (Lipinski definition) is 7. The number of piperazine rings is 1. The zero-order chi connectivity index (χ0) is 24.6. The van der Waals surface area contributed by atoms with Crippen molar-refractivity contribution >= 4 is 58.0 Å². The highest BCUT2D eigenvalue weighted by Gasteiger charge is 2.17. The first-order valence-corrected chi connectivity index (χ1v) is 12.6. The van der Waals surface area contributed by atoms with Crippen molar-refractivity contribution in [2.75, 3.05) is 51.8 Å². The van der Waals surface area contributed by atoms with E-state index in [0.717, 1.165) is 49.9 Å². The van der Waals surface area contributed by atoms with Gasteiger partial charge in [0.1, 0.15) is 11.1 Å². The number of nitrogens with zero attached hydrogens (tertiary/aromatic N) is 3. The Balaban J connectivity index is 0.00000241. The number of aromatic nitrogens is 2. The lowest BCUT2D eigenvalue weighted by molar-refractivity contribution is 0.112. The minimum absolute atomic E-state index is 0. The van der Waals surface area contributed by atoms with E-state index >= 15 is 0 Å². The molecule has 202 valence electrons. The molecule has 0 radical (unpaired) electrons. The summed E-state index contributed by atoms with van der Waals surface area (Å²) in [5.41, 5.74) is 2.64. The van der Waals surface area contributed by atoms with Crippen molar-refractivity contribution in [1.29, 1.82) is 0 Å². The number of rotatable bonds is 10. The molecule has 1 fully saturated rings. The second-order valence-electron chi connectivity index (χ2n) is 8.36. The third kappa shape index (κ3) is 9.05. The Hall–Kier alpha value is -2.01. The van der Waals surface area contributed by atoms with E-state index in [-0.39, 0.29) is 30.4 Å². The first-order valence-electron chi connectivity index (χ1n) is 11.5. The van der Waals surface area contributed by atoms with Crippen molar-refractivity contribution in [3.8, 4) is 11.5 Å². The Kier molecular flexibility index (Phi) is 13.0. The summed E-state index contributed by atoms with van der Waals surface area (Å²) in [7, 11) is 1.64. The van der Waals surface area contributed by atoms with Crippen LogP contribution in [0.2, 0.25) is 5.02 Å². The van der Waals surface area contributed by atoms with Crippen LogP contribution in [0.4, 0.5) is 5.69 Å². The fourth-order valence-corrected chi connectivity index (χ4v) is 4.41. The number of halogens is 4. The Morgan fingerprint density at radius 1 is 1.03 bits per heavy atom. The van der Waals surface area contributed by atoms with Gasteiger partial charge < -0.3 is 14.8 Å². The van der Waals surface area contributed by atoms with Gasteiger partial charge in [-0.2, -0.15) is 5.10 Å². The lowest BCUT2D eigenvalue weighted by atomic mass is 10.2. The molecule has 0 bridgehead atoms. The molecular formula is C25H31BrCl3N5O3. The van der Waals surface area contributed by atoms with Gasteiger partial charge in [-0.25, -0.2) is 5.10 Å². The lowest BCUT2D eigenvalue weighted by Crippen LogP contribution is -2.47. The van der Waals surface area contributed by atoms with Gasteiger partial charge in [-0.05, 0) is 51.3 Å². The van der Waals surface area contributed by atoms with E-state index in [9.17, 15) is 4.79 Å². The van der Waals surface area contributed by atoms with E-state index in [2.05, 4.69) is 53.4 Å². The van der Waals surface area contributed by atoms with Crippen LogP contribution < -0.4 is 20.3 Å². The summed E-state index contributed by atoms with van der Waals surface area (Å²) in [6, 6.07) is 13.9. The van der Waals surface area contributed by atoms with Gasteiger partial charge in [-0.3, -0.25) is 14.6 Å². The van der Waals surface area contributed by atoms with Crippen molar-refractivity contribution in [3.63, 3.8) is 0 Å². The van der Waals surface area contributed by atoms with E-state index in [1.165, 1.54) is 5.56 Å². The predicted molar refractivity (Wildman–Crippen MR) is 156 cm³/mol. The molecule has 0 unspecified atom stereocenters. The van der Waals surface area contributed by atoms with Gasteiger partial charge in [-0.1, -0.05) is 29.8 Å². The topological polar surface area (TPSA) is 82.7 Å². The van der Waals surface area contributed by atoms with E-state index < -0.39 is 0 Å². The maximum absolute atomic E-state index is 11.7. The summed E-state index contributed by atoms with van der Waals surface area (Å²) in [6.07, 6.45) is 1.57. The summed E-state index contributed by atoms with van der Waals surface area (Å²) >= 11 is 9.27. The highest BCUT2D eigenvalue weighted by Crippen LogP contribution is 2.29. The number of hydrogen-bond donors (Lipinski definition) is 2. The SMILES string of the molecule is COc1ccc(CNc2cn[nH]c(=O)c2Br)cc1OCCN1CCN(Cc2ccc(Cl)cc2)CC1.Cl.Cl. The second kappa shape index (κ2) is 15.4. The normalized spacial score (nSPS) is 13.8. The van der Waals surface area contributed by atoms with E-state index in [4.69, 9.17) is 21.1 Å². The van der Waals surface area contributed by atoms with E-state index in [1.807, 2.05) is 30.3 Å². The molecule has 2 heterocycles. The first-order chi connectivity index (χ1) is 17.0. The van der Waals surface area contributed by atoms with E-state index in [0.29, 0.717) is 34.8 Å². The molecule has 0 amide bonds. The lowest BCUT2D eigenvalue weighted by Gasteiger charge is -2.34. The molecule has 8 nitrogen and oxygen atoms in total. The van der Waals surface area contributed by atoms with Gasteiger partial charge in [0, 0.05) is 50.8 Å². The fraction of sp³-hybridized carbons (Fsp3) is 0.360. The van der Waals surface area contributed by atoms with Crippen LogP contribution in [-0.4, -0.2) is 66.4 Å². The van der Waals surface area contributed by atoms with Gasteiger partial charge in [0.2, 0.25) is 0 Å². The monoisotopic (exact) mass is 633 g/mol. The number of nitrogens with one attached hydrogen (secondary N) is 2. The van der Waals surface area contributed by atoms with Crippen LogP contribution in [-0.2, 0) is 13.1 Å². The minimum atomic E-state index is -0.278. The highest BCUT2D eigenvalue weighted by atomic mass is 79.9. The number of benzene rings is 2. The van der Waals surface area contributed by atoms with Crippen molar-refractivity contribution < 1.29 is 9.47 Å². The Morgan fingerprint density at radius 2 is 1.70 bits per heavy atom. The van der Waals surface area contributed by atoms with Crippen LogP contribution in [0.15, 0.2) is 57.9 Å². The zero-order valence-corrected chi connectivity index (χ0v) is 24.4. The summed E-state index contributed by atoms with van der Waals surface area (Å²) in [5.74, 6) is 1.40. The quantitative estimate of drug-likeness (QED) is 0.330. The highest BCUT2D eigenvalue weighted by molar-refractivity contribution is 9.10. The molecule has 12 heteroatoms. The minimum Gasteiger partial charge on any atom is -0.493 e. The van der Waals surface area contributed by atoms with Crippen molar-refractivity contribution in [2.45, 2.75) is 13.1 Å². The van der Waals surface area contributed by atoms with Crippen molar-refractivity contribution in [3.05, 3.63) is 79.6 Å². The van der Waals surface area contributed by atoms with Crippen molar-refractivity contribution in [2.24, 2.45) is 0 Å². The summed E-state index contributed by atoms with van der Waals surface area (Å²) in [5, 5.41) is 10.2. The molecule has 0 aliphatic carbocycles. The van der Waals surface area contributed by atoms with Gasteiger partial charge in [-0.15, -0.1) is 24.8 Å². The molecule has 0 atom stereocenters. The number of aromatic amines is 1. The number of ether oxygens (including phenoxy) is 2. The Morgan fingerprint density at radius 3 is 2.41 bits per heavy atom. The summed E-state index contributed by atoms with van der Waals surface area (Å²) < 4.78 is 12.0. The zero-order valence-electron chi connectivity index (χ0n) is 20.4. The van der Waals surface area contributed by atoms with Crippen LogP contribution >= 0.6 is 52.3 Å². The molecule has 1 aromatic heterocycles. The number of methoxy groups -OCH3 is 1. The average molecular weight is 636 g/mol. The second-order valence-corrected chi connectivity index (χ2v) is 9.59. The molecule has 3 aromatic rings. The average Bonchev–Trinajstić information content (AvgIpc) is 2.87. The molecule has 1 aliphatic rings. The van der Waals surface area contributed by atoms with Gasteiger partial charge in [0.05, 0.1) is 19.0 Å². The van der Waals surface area contributed by atoms with Crippen LogP contribution in [0, 0.1) is 0 Å². The van der Waals surface area contributed by atoms with Crippen LogP contribution in [0.1, 0.15) is 11.1 Å². The fourth-order valence-electron chi connectivity index (χ4n) is 3.95. The van der Waals surface area contributed by atoms with Crippen LogP contribution in [0.3, 0.4) is 0 Å². The van der Waals surface area contributed by atoms with Gasteiger partial charge >= 0.3 is 0 Å². The molecule has 37 heavy (non-hydrogen) atoms. The third-order valence-electron chi connectivity index (χ3n) is 5.96. The third-order valence-corrected chi connectivity index (χ3v) is 7.00. The standard InChI is InChI=1S/C25H29BrClN5O3.2ClH/c1-34-22-7-4-19(15-28-21-16-29-30-25(33)24(21)26)14-23(22)35-13-12-31-8-10-32(11-9-31)17-18-2-5-20(27)6-3-18;;/h2-7,14,16H,8-13,15,17H2,1H3,(H2,28,30,33);2*1H. The van der Waals surface area contributed by atoms with Gasteiger partial charge in [0.15, 0.2) is 11.5 Å². The molecule has 4 rings (SSSR count). The molecule has 1 saturated heterocycles.